The highest BCUT2D eigenvalue weighted by Gasteiger charge is 2.25. The van der Waals surface area contributed by atoms with Gasteiger partial charge in [-0.3, -0.25) is 28.7 Å². The maximum Gasteiger partial charge on any atom is 0.165 e. The molecule has 0 aliphatic heterocycles. The Kier molecular flexibility index (Phi) is 8.93. The van der Waals surface area contributed by atoms with E-state index in [1.54, 1.807) is 18.6 Å². The van der Waals surface area contributed by atoms with Gasteiger partial charge in [0.05, 0.1) is 33.6 Å². The number of nitrogens with zero attached hydrogens (tertiary/aromatic N) is 12. The first-order chi connectivity index (χ1) is 32.2. The lowest BCUT2D eigenvalue weighted by molar-refractivity contribution is 1.07. The molecule has 12 nitrogen and oxygen atoms in total. The smallest absolute Gasteiger partial charge is 0.165 e. The van der Waals surface area contributed by atoms with Gasteiger partial charge in [-0.1, -0.05) is 68.4 Å². The molecular weight excluding hydrogens is 805 g/mol. The number of pyridine rings is 6. The van der Waals surface area contributed by atoms with Crippen LogP contribution in [0.5, 0.6) is 0 Å². The van der Waals surface area contributed by atoms with Crippen LogP contribution >= 0.6 is 0 Å². The summed E-state index contributed by atoms with van der Waals surface area (Å²) in [6.07, 6.45) is 10.8. The molecule has 308 valence electrons. The molecule has 0 aliphatic carbocycles. The van der Waals surface area contributed by atoms with Gasteiger partial charge in [-0.05, 0) is 91.0 Å². The largest absolute Gasteiger partial charge is 0.274 e. The lowest BCUT2D eigenvalue weighted by Crippen LogP contribution is -2.04. The average molecular weight is 841 g/mol. The standard InChI is InChI=1S/C51H30N12.C2H6/c1-10-31-13-4-22-52-43(31)40(19-1)61-46(58-37-16-7-25-55-49(37)61)34-28-35(47-59-38-17-8-26-56-50(38)62(47)41-20-2-11-32-14-5-23-53-44(32)41)30-36(29-34)48-60-39-18-9-27-57-51(39)63(48)42-21-3-12-33-15-6-24-54-45(33)42;1-2/h1-30H;1-2H3. The van der Waals surface area contributed by atoms with Crippen molar-refractivity contribution in [1.82, 2.24) is 58.6 Å². The second kappa shape index (κ2) is 15.4. The molecule has 0 spiro atoms. The van der Waals surface area contributed by atoms with E-state index in [4.69, 9.17) is 44.9 Å². The third-order valence-electron chi connectivity index (χ3n) is 11.5. The van der Waals surface area contributed by atoms with E-state index in [1.165, 1.54) is 0 Å². The van der Waals surface area contributed by atoms with Crippen molar-refractivity contribution in [3.8, 4) is 51.2 Å². The predicted octanol–water partition coefficient (Wildman–Crippen LogP) is 11.6. The van der Waals surface area contributed by atoms with Crippen molar-refractivity contribution in [2.75, 3.05) is 0 Å². The molecule has 13 aromatic rings. The number of fused-ring (bicyclic) bond motifs is 6. The zero-order valence-electron chi connectivity index (χ0n) is 35.2. The highest BCUT2D eigenvalue weighted by atomic mass is 15.2. The van der Waals surface area contributed by atoms with Gasteiger partial charge in [-0.2, -0.15) is 0 Å². The van der Waals surface area contributed by atoms with Crippen molar-refractivity contribution in [2.45, 2.75) is 13.8 Å². The first-order valence-corrected chi connectivity index (χ1v) is 21.4. The van der Waals surface area contributed by atoms with Gasteiger partial charge in [0.15, 0.2) is 16.9 Å². The summed E-state index contributed by atoms with van der Waals surface area (Å²) in [5.41, 5.74) is 11.8. The molecule has 0 unspecified atom stereocenters. The van der Waals surface area contributed by atoms with Crippen LogP contribution in [-0.2, 0) is 0 Å². The SMILES string of the molecule is CC.c1cnc2c(-n3c(-c4cc(-c5nc6cccnc6n5-c5cccc6cccnc56)cc(-c5nc6cccnc6n5-c5cccc6cccnc56)c4)nc4cccnc43)cccc2c1. The number of rotatable bonds is 6. The van der Waals surface area contributed by atoms with Gasteiger partial charge in [0.25, 0.3) is 0 Å². The minimum absolute atomic E-state index is 0.671. The maximum atomic E-state index is 5.34. The van der Waals surface area contributed by atoms with Crippen molar-refractivity contribution in [3.05, 3.63) is 183 Å². The second-order valence-electron chi connectivity index (χ2n) is 15.2. The Bertz CT molecular complexity index is 3520. The number of imidazole rings is 3. The number of aromatic nitrogens is 12. The Labute approximate surface area is 371 Å². The lowest BCUT2D eigenvalue weighted by atomic mass is 10.0. The topological polar surface area (TPSA) is 131 Å². The Balaban J connectivity index is 0.00000219. The molecule has 12 heteroatoms. The van der Waals surface area contributed by atoms with Crippen LogP contribution in [0.15, 0.2) is 183 Å². The summed E-state index contributed by atoms with van der Waals surface area (Å²) in [6, 6.07) is 48.7. The van der Waals surface area contributed by atoms with Crippen LogP contribution in [0.2, 0.25) is 0 Å². The normalized spacial score (nSPS) is 11.5. The quantitative estimate of drug-likeness (QED) is 0.160. The summed E-state index contributed by atoms with van der Waals surface area (Å²) in [6.45, 7) is 4.00. The Morgan fingerprint density at radius 3 is 0.908 bits per heavy atom. The van der Waals surface area contributed by atoms with Crippen LogP contribution in [0, 0.1) is 0 Å². The molecule has 9 heterocycles. The summed E-state index contributed by atoms with van der Waals surface area (Å²) < 4.78 is 6.31. The van der Waals surface area contributed by atoms with Gasteiger partial charge in [-0.25, -0.2) is 29.9 Å². The fourth-order valence-electron chi connectivity index (χ4n) is 8.82. The molecule has 0 N–H and O–H groups in total. The molecule has 13 rings (SSSR count). The fourth-order valence-corrected chi connectivity index (χ4v) is 8.82. The van der Waals surface area contributed by atoms with E-state index in [1.807, 2.05) is 105 Å². The minimum atomic E-state index is 0.671. The Morgan fingerprint density at radius 1 is 0.308 bits per heavy atom. The Hall–Kier alpha value is -9.03. The minimum Gasteiger partial charge on any atom is -0.274 e. The van der Waals surface area contributed by atoms with Crippen LogP contribution in [0.1, 0.15) is 13.8 Å². The lowest BCUT2D eigenvalue weighted by Gasteiger charge is -2.16. The van der Waals surface area contributed by atoms with Crippen molar-refractivity contribution < 1.29 is 0 Å². The first-order valence-electron chi connectivity index (χ1n) is 21.4. The molecule has 0 saturated heterocycles. The van der Waals surface area contributed by atoms with Gasteiger partial charge in [0.1, 0.15) is 34.0 Å². The van der Waals surface area contributed by atoms with Crippen LogP contribution in [-0.4, -0.2) is 58.6 Å². The third-order valence-corrected chi connectivity index (χ3v) is 11.5. The van der Waals surface area contributed by atoms with E-state index < -0.39 is 0 Å². The zero-order valence-corrected chi connectivity index (χ0v) is 35.2. The third kappa shape index (κ3) is 6.10. The molecule has 9 aromatic heterocycles. The van der Waals surface area contributed by atoms with E-state index >= 15 is 0 Å². The number of hydrogen-bond acceptors (Lipinski definition) is 9. The molecule has 0 saturated carbocycles. The highest BCUT2D eigenvalue weighted by molar-refractivity contribution is 5.95. The van der Waals surface area contributed by atoms with Crippen molar-refractivity contribution in [1.29, 1.82) is 0 Å². The van der Waals surface area contributed by atoms with Gasteiger partial charge in [0.2, 0.25) is 0 Å². The fraction of sp³-hybridized carbons (Fsp3) is 0.0377. The number of benzene rings is 4. The average Bonchev–Trinajstić information content (AvgIpc) is 4.09. The van der Waals surface area contributed by atoms with E-state index in [-0.39, 0.29) is 0 Å². The molecule has 0 amide bonds. The van der Waals surface area contributed by atoms with E-state index in [0.717, 1.165) is 83.0 Å². The van der Waals surface area contributed by atoms with Crippen LogP contribution < -0.4 is 0 Å². The maximum absolute atomic E-state index is 5.34. The summed E-state index contributed by atoms with van der Waals surface area (Å²) in [4.78, 5) is 45.3. The van der Waals surface area contributed by atoms with Gasteiger partial charge in [0, 0.05) is 70.0 Å². The predicted molar refractivity (Wildman–Crippen MR) is 257 cm³/mol. The van der Waals surface area contributed by atoms with Crippen molar-refractivity contribution in [2.24, 2.45) is 0 Å². The molecule has 0 atom stereocenters. The summed E-state index contributed by atoms with van der Waals surface area (Å²) in [7, 11) is 0. The van der Waals surface area contributed by atoms with Crippen molar-refractivity contribution >= 4 is 66.2 Å². The number of hydrogen-bond donors (Lipinski definition) is 0. The van der Waals surface area contributed by atoms with Crippen LogP contribution in [0.25, 0.3) is 117 Å². The molecule has 0 fully saturated rings. The molecular formula is C53H36N12. The van der Waals surface area contributed by atoms with E-state index in [2.05, 4.69) is 86.5 Å². The Morgan fingerprint density at radius 2 is 0.585 bits per heavy atom. The molecule has 0 bridgehead atoms. The van der Waals surface area contributed by atoms with Gasteiger partial charge < -0.3 is 0 Å². The van der Waals surface area contributed by atoms with Crippen LogP contribution in [0.3, 0.4) is 0 Å². The molecule has 4 aromatic carbocycles. The van der Waals surface area contributed by atoms with Gasteiger partial charge in [-0.15, -0.1) is 0 Å². The van der Waals surface area contributed by atoms with E-state index in [9.17, 15) is 0 Å². The number of para-hydroxylation sites is 3. The second-order valence-corrected chi connectivity index (χ2v) is 15.2. The first kappa shape index (κ1) is 37.7. The summed E-state index contributed by atoms with van der Waals surface area (Å²) >= 11 is 0. The summed E-state index contributed by atoms with van der Waals surface area (Å²) in [5, 5.41) is 3.01. The molecule has 0 aliphatic rings. The van der Waals surface area contributed by atoms with Crippen LogP contribution in [0.4, 0.5) is 0 Å². The zero-order chi connectivity index (χ0) is 43.4. The molecule has 0 radical (unpaired) electrons. The monoisotopic (exact) mass is 840 g/mol. The molecule has 65 heavy (non-hydrogen) atoms. The van der Waals surface area contributed by atoms with E-state index in [0.29, 0.717) is 34.4 Å². The van der Waals surface area contributed by atoms with Gasteiger partial charge >= 0.3 is 0 Å². The summed E-state index contributed by atoms with van der Waals surface area (Å²) in [5.74, 6) is 2.01. The highest BCUT2D eigenvalue weighted by Crippen LogP contribution is 2.40. The van der Waals surface area contributed by atoms with Crippen molar-refractivity contribution in [3.63, 3.8) is 0 Å².